The van der Waals surface area contributed by atoms with Gasteiger partial charge in [0.05, 0.1) is 4.92 Å². The highest BCUT2D eigenvalue weighted by molar-refractivity contribution is 6.30. The lowest BCUT2D eigenvalue weighted by Crippen LogP contribution is -2.19. The number of rotatable bonds is 7. The average Bonchev–Trinajstić information content (AvgIpc) is 2.58. The molecular formula is C16H12ClNO6. The standard InChI is InChI=1S/C16H12ClNO6/c17-12-3-1-11(2-4-12)15(19)9-24-16(20)10-23-14-7-5-13(6-8-14)18(21)22/h1-8H,9-10H2. The van der Waals surface area contributed by atoms with Gasteiger partial charge in [-0.3, -0.25) is 14.9 Å². The molecular weight excluding hydrogens is 338 g/mol. The highest BCUT2D eigenvalue weighted by Gasteiger charge is 2.11. The van der Waals surface area contributed by atoms with E-state index in [2.05, 4.69) is 0 Å². The molecule has 0 aromatic heterocycles. The van der Waals surface area contributed by atoms with Gasteiger partial charge in [0.2, 0.25) is 0 Å². The minimum Gasteiger partial charge on any atom is -0.482 e. The lowest BCUT2D eigenvalue weighted by Gasteiger charge is -2.06. The molecule has 0 aliphatic carbocycles. The van der Waals surface area contributed by atoms with Crippen molar-refractivity contribution in [3.05, 3.63) is 69.2 Å². The van der Waals surface area contributed by atoms with Gasteiger partial charge in [-0.05, 0) is 36.4 Å². The first-order valence-electron chi connectivity index (χ1n) is 6.77. The summed E-state index contributed by atoms with van der Waals surface area (Å²) in [5.41, 5.74) is 0.293. The van der Waals surface area contributed by atoms with E-state index >= 15 is 0 Å². The fourth-order valence-corrected chi connectivity index (χ4v) is 1.84. The lowest BCUT2D eigenvalue weighted by molar-refractivity contribution is -0.384. The second-order valence-electron chi connectivity index (χ2n) is 4.63. The van der Waals surface area contributed by atoms with E-state index in [1.165, 1.54) is 36.4 Å². The zero-order chi connectivity index (χ0) is 17.5. The second-order valence-corrected chi connectivity index (χ2v) is 5.07. The maximum absolute atomic E-state index is 11.8. The third-order valence-corrected chi connectivity index (χ3v) is 3.19. The molecule has 0 aliphatic rings. The highest BCUT2D eigenvalue weighted by Crippen LogP contribution is 2.17. The van der Waals surface area contributed by atoms with E-state index in [-0.39, 0.29) is 17.2 Å². The molecule has 0 heterocycles. The zero-order valence-corrected chi connectivity index (χ0v) is 13.1. The molecule has 2 aromatic carbocycles. The van der Waals surface area contributed by atoms with Crippen molar-refractivity contribution in [3.8, 4) is 5.75 Å². The van der Waals surface area contributed by atoms with Crippen LogP contribution in [0.25, 0.3) is 0 Å². The Bertz CT molecular complexity index is 742. The van der Waals surface area contributed by atoms with Crippen LogP contribution in [0.5, 0.6) is 5.75 Å². The molecule has 0 saturated heterocycles. The van der Waals surface area contributed by atoms with Crippen molar-refractivity contribution in [2.45, 2.75) is 0 Å². The van der Waals surface area contributed by atoms with Gasteiger partial charge >= 0.3 is 5.97 Å². The third kappa shape index (κ3) is 5.06. The minimum absolute atomic E-state index is 0.0847. The number of carbonyl (C=O) groups excluding carboxylic acids is 2. The summed E-state index contributed by atoms with van der Waals surface area (Å²) in [4.78, 5) is 33.3. The largest absolute Gasteiger partial charge is 0.482 e. The molecule has 0 fully saturated rings. The average molecular weight is 350 g/mol. The normalized spacial score (nSPS) is 10.0. The Labute approximate surface area is 141 Å². The number of Topliss-reactive ketones (excluding diaryl/α,β-unsaturated/α-hetero) is 1. The van der Waals surface area contributed by atoms with Gasteiger partial charge in [0.1, 0.15) is 5.75 Å². The number of carbonyl (C=O) groups is 2. The summed E-state index contributed by atoms with van der Waals surface area (Å²) in [6, 6.07) is 11.4. The number of nitro groups is 1. The Morgan fingerprint density at radius 1 is 1.00 bits per heavy atom. The summed E-state index contributed by atoms with van der Waals surface area (Å²) < 4.78 is 9.95. The first-order valence-corrected chi connectivity index (χ1v) is 7.15. The molecule has 0 atom stereocenters. The van der Waals surface area contributed by atoms with Crippen molar-refractivity contribution in [2.75, 3.05) is 13.2 Å². The van der Waals surface area contributed by atoms with E-state index in [1.807, 2.05) is 0 Å². The summed E-state index contributed by atoms with van der Waals surface area (Å²) in [6.45, 7) is -0.824. The summed E-state index contributed by atoms with van der Waals surface area (Å²) >= 11 is 5.72. The zero-order valence-electron chi connectivity index (χ0n) is 12.3. The monoisotopic (exact) mass is 349 g/mol. The van der Waals surface area contributed by atoms with Crippen LogP contribution in [0, 0.1) is 10.1 Å². The Hall–Kier alpha value is -2.93. The summed E-state index contributed by atoms with van der Waals surface area (Å²) in [5, 5.41) is 11.0. The Morgan fingerprint density at radius 3 is 2.21 bits per heavy atom. The van der Waals surface area contributed by atoms with Gasteiger partial charge in [-0.2, -0.15) is 0 Å². The van der Waals surface area contributed by atoms with Gasteiger partial charge in [-0.15, -0.1) is 0 Å². The molecule has 2 aromatic rings. The van der Waals surface area contributed by atoms with E-state index in [0.717, 1.165) is 0 Å². The van der Waals surface area contributed by atoms with Crippen LogP contribution in [0.4, 0.5) is 5.69 Å². The number of hydrogen-bond donors (Lipinski definition) is 0. The van der Waals surface area contributed by atoms with Crippen molar-refractivity contribution in [2.24, 2.45) is 0 Å². The molecule has 0 aliphatic heterocycles. The summed E-state index contributed by atoms with van der Waals surface area (Å²) in [5.74, 6) is -0.812. The molecule has 7 nitrogen and oxygen atoms in total. The van der Waals surface area contributed by atoms with Crippen LogP contribution in [-0.4, -0.2) is 29.9 Å². The van der Waals surface area contributed by atoms with Crippen LogP contribution in [0.1, 0.15) is 10.4 Å². The molecule has 0 saturated carbocycles. The topological polar surface area (TPSA) is 95.7 Å². The predicted molar refractivity (Wildman–Crippen MR) is 85.3 cm³/mol. The number of benzene rings is 2. The van der Waals surface area contributed by atoms with Crippen molar-refractivity contribution >= 4 is 29.0 Å². The minimum atomic E-state index is -0.726. The smallest absolute Gasteiger partial charge is 0.344 e. The van der Waals surface area contributed by atoms with Gasteiger partial charge in [0.15, 0.2) is 19.0 Å². The maximum atomic E-state index is 11.8. The van der Waals surface area contributed by atoms with E-state index in [1.54, 1.807) is 12.1 Å². The second kappa shape index (κ2) is 8.07. The first kappa shape index (κ1) is 17.4. The Kier molecular flexibility index (Phi) is 5.86. The van der Waals surface area contributed by atoms with Crippen molar-refractivity contribution in [3.63, 3.8) is 0 Å². The number of halogens is 1. The molecule has 0 bridgehead atoms. The van der Waals surface area contributed by atoms with Crippen LogP contribution in [0.3, 0.4) is 0 Å². The van der Waals surface area contributed by atoms with Crippen molar-refractivity contribution < 1.29 is 24.0 Å². The molecule has 24 heavy (non-hydrogen) atoms. The molecule has 124 valence electrons. The van der Waals surface area contributed by atoms with Crippen molar-refractivity contribution in [1.82, 2.24) is 0 Å². The summed E-state index contributed by atoms with van der Waals surface area (Å²) in [6.07, 6.45) is 0. The number of esters is 1. The molecule has 0 N–H and O–H groups in total. The molecule has 0 unspecified atom stereocenters. The SMILES string of the molecule is O=C(COc1ccc([N+](=O)[O-])cc1)OCC(=O)c1ccc(Cl)cc1. The van der Waals surface area contributed by atoms with E-state index in [4.69, 9.17) is 21.1 Å². The lowest BCUT2D eigenvalue weighted by atomic mass is 10.1. The van der Waals surface area contributed by atoms with Crippen molar-refractivity contribution in [1.29, 1.82) is 0 Å². The number of nitrogens with zero attached hydrogens (tertiary/aromatic N) is 1. The number of non-ortho nitro benzene ring substituents is 1. The first-order chi connectivity index (χ1) is 11.5. The number of ether oxygens (including phenoxy) is 2. The predicted octanol–water partition coefficient (Wildman–Crippen LogP) is 3.05. The quantitative estimate of drug-likeness (QED) is 0.330. The number of hydrogen-bond acceptors (Lipinski definition) is 6. The Morgan fingerprint density at radius 2 is 1.62 bits per heavy atom. The van der Waals surface area contributed by atoms with Crippen LogP contribution in [0.2, 0.25) is 5.02 Å². The van der Waals surface area contributed by atoms with E-state index < -0.39 is 24.1 Å². The summed E-state index contributed by atoms with van der Waals surface area (Å²) in [7, 11) is 0. The molecule has 0 spiro atoms. The van der Waals surface area contributed by atoms with Gasteiger partial charge in [0.25, 0.3) is 5.69 Å². The van der Waals surface area contributed by atoms with Gasteiger partial charge in [0, 0.05) is 22.7 Å². The maximum Gasteiger partial charge on any atom is 0.344 e. The van der Waals surface area contributed by atoms with Crippen LogP contribution >= 0.6 is 11.6 Å². The van der Waals surface area contributed by atoms with E-state index in [9.17, 15) is 19.7 Å². The number of nitro benzene ring substituents is 1. The van der Waals surface area contributed by atoms with E-state index in [0.29, 0.717) is 10.6 Å². The van der Waals surface area contributed by atoms with Gasteiger partial charge in [-0.1, -0.05) is 11.6 Å². The highest BCUT2D eigenvalue weighted by atomic mass is 35.5. The van der Waals surface area contributed by atoms with Crippen LogP contribution < -0.4 is 4.74 Å². The molecule has 0 amide bonds. The fourth-order valence-electron chi connectivity index (χ4n) is 1.71. The number of ketones is 1. The molecule has 2 rings (SSSR count). The Balaban J connectivity index is 1.77. The molecule has 0 radical (unpaired) electrons. The van der Waals surface area contributed by atoms with Gasteiger partial charge < -0.3 is 9.47 Å². The van der Waals surface area contributed by atoms with Crippen LogP contribution in [-0.2, 0) is 9.53 Å². The van der Waals surface area contributed by atoms with Gasteiger partial charge in [-0.25, -0.2) is 4.79 Å². The molecule has 8 heteroatoms. The fraction of sp³-hybridized carbons (Fsp3) is 0.125. The third-order valence-electron chi connectivity index (χ3n) is 2.93. The van der Waals surface area contributed by atoms with Crippen LogP contribution in [0.15, 0.2) is 48.5 Å².